The molecule has 182 valence electrons. The Hall–Kier alpha value is -3.38. The summed E-state index contributed by atoms with van der Waals surface area (Å²) in [7, 11) is 0. The van der Waals surface area contributed by atoms with Crippen molar-refractivity contribution in [3.05, 3.63) is 64.5 Å². The third kappa shape index (κ3) is 4.89. The summed E-state index contributed by atoms with van der Waals surface area (Å²) in [6.07, 6.45) is 1.54. The van der Waals surface area contributed by atoms with Gasteiger partial charge in [-0.2, -0.15) is 13.2 Å². The van der Waals surface area contributed by atoms with Crippen LogP contribution in [0.2, 0.25) is 0 Å². The van der Waals surface area contributed by atoms with E-state index < -0.39 is 28.9 Å². The third-order valence-corrected chi connectivity index (χ3v) is 7.15. The highest BCUT2D eigenvalue weighted by Crippen LogP contribution is 2.39. The second kappa shape index (κ2) is 9.00. The van der Waals surface area contributed by atoms with Gasteiger partial charge in [-0.3, -0.25) is 14.6 Å². The van der Waals surface area contributed by atoms with Crippen molar-refractivity contribution < 1.29 is 27.6 Å². The van der Waals surface area contributed by atoms with Crippen LogP contribution in [0.25, 0.3) is 11.3 Å². The Morgan fingerprint density at radius 1 is 1.14 bits per heavy atom. The first-order chi connectivity index (χ1) is 16.4. The van der Waals surface area contributed by atoms with Gasteiger partial charge in [0.05, 0.1) is 11.4 Å². The van der Waals surface area contributed by atoms with E-state index in [1.165, 1.54) is 46.7 Å². The number of urea groups is 1. The summed E-state index contributed by atoms with van der Waals surface area (Å²) in [6, 6.07) is 9.61. The standard InChI is InChI=1S/C23H19F3N4O3S2/c1-22(2)20(32)30(14-3-5-15(6-4-14)35-23(24,25)26)21(33)29(22)12-13-7-9-28-17(11-13)16-8-10-34-18(16)19(27)31/h3-11H,12H2,1-2H3,(H2,27,31). The van der Waals surface area contributed by atoms with Crippen LogP contribution in [0.15, 0.2) is 58.9 Å². The molecule has 2 aromatic heterocycles. The van der Waals surface area contributed by atoms with E-state index in [4.69, 9.17) is 5.73 Å². The molecule has 0 unspecified atom stereocenters. The molecule has 1 aromatic carbocycles. The number of thiophene rings is 1. The second-order valence-electron chi connectivity index (χ2n) is 8.19. The third-order valence-electron chi connectivity index (χ3n) is 5.48. The number of hydrogen-bond acceptors (Lipinski definition) is 6. The number of rotatable bonds is 6. The number of benzene rings is 1. The molecule has 1 saturated heterocycles. The van der Waals surface area contributed by atoms with E-state index in [0.29, 0.717) is 21.7 Å². The Bertz CT molecular complexity index is 1310. The Labute approximate surface area is 206 Å². The summed E-state index contributed by atoms with van der Waals surface area (Å²) >= 11 is 0.925. The Morgan fingerprint density at radius 3 is 2.46 bits per heavy atom. The lowest BCUT2D eigenvalue weighted by atomic mass is 10.0. The zero-order valence-corrected chi connectivity index (χ0v) is 20.1. The molecule has 3 aromatic rings. The fourth-order valence-corrected chi connectivity index (χ4v) is 5.03. The number of imide groups is 1. The molecular weight excluding hydrogens is 501 g/mol. The first kappa shape index (κ1) is 24.7. The number of carbonyl (C=O) groups excluding carboxylic acids is 3. The van der Waals surface area contributed by atoms with Crippen molar-refractivity contribution in [3.63, 3.8) is 0 Å². The number of pyridine rings is 1. The Morgan fingerprint density at radius 2 is 1.83 bits per heavy atom. The first-order valence-electron chi connectivity index (χ1n) is 10.2. The molecule has 0 bridgehead atoms. The summed E-state index contributed by atoms with van der Waals surface area (Å²) in [4.78, 5) is 45.1. The van der Waals surface area contributed by atoms with Gasteiger partial charge >= 0.3 is 11.5 Å². The second-order valence-corrected chi connectivity index (χ2v) is 10.2. The van der Waals surface area contributed by atoms with Crippen LogP contribution in [-0.2, 0) is 11.3 Å². The van der Waals surface area contributed by atoms with E-state index in [2.05, 4.69) is 4.98 Å². The van der Waals surface area contributed by atoms with Gasteiger partial charge in [0.2, 0.25) is 0 Å². The van der Waals surface area contributed by atoms with Crippen LogP contribution in [0.4, 0.5) is 23.7 Å². The molecule has 0 spiro atoms. The molecule has 4 rings (SSSR count). The van der Waals surface area contributed by atoms with E-state index >= 15 is 0 Å². The van der Waals surface area contributed by atoms with Crippen molar-refractivity contribution in [1.29, 1.82) is 0 Å². The van der Waals surface area contributed by atoms with Gasteiger partial charge in [0.1, 0.15) is 10.4 Å². The molecule has 4 amide bonds. The molecule has 12 heteroatoms. The topological polar surface area (TPSA) is 96.6 Å². The van der Waals surface area contributed by atoms with Gasteiger partial charge < -0.3 is 10.6 Å². The molecule has 7 nitrogen and oxygen atoms in total. The number of halogens is 3. The minimum atomic E-state index is -4.44. The number of nitrogens with zero attached hydrogens (tertiary/aromatic N) is 3. The maximum Gasteiger partial charge on any atom is 0.446 e. The largest absolute Gasteiger partial charge is 0.446 e. The molecule has 35 heavy (non-hydrogen) atoms. The maximum absolute atomic E-state index is 13.3. The van der Waals surface area contributed by atoms with Crippen LogP contribution >= 0.6 is 23.1 Å². The number of nitrogens with two attached hydrogens (primary N) is 1. The average Bonchev–Trinajstić information content (AvgIpc) is 3.33. The highest BCUT2D eigenvalue weighted by atomic mass is 32.2. The fraction of sp³-hybridized carbons (Fsp3) is 0.217. The number of primary amides is 1. The van der Waals surface area contributed by atoms with Crippen LogP contribution < -0.4 is 10.6 Å². The predicted octanol–water partition coefficient (Wildman–Crippen LogP) is 5.27. The van der Waals surface area contributed by atoms with E-state index in [0.717, 1.165) is 4.90 Å². The Balaban J connectivity index is 1.60. The van der Waals surface area contributed by atoms with Crippen LogP contribution in [-0.4, -0.2) is 38.8 Å². The molecular formula is C23H19F3N4O3S2. The van der Waals surface area contributed by atoms with Crippen LogP contribution in [0.1, 0.15) is 29.1 Å². The van der Waals surface area contributed by atoms with Crippen molar-refractivity contribution >= 4 is 46.6 Å². The predicted molar refractivity (Wildman–Crippen MR) is 127 cm³/mol. The molecule has 1 fully saturated rings. The summed E-state index contributed by atoms with van der Waals surface area (Å²) in [5, 5.41) is 1.73. The number of aromatic nitrogens is 1. The number of carbonyl (C=O) groups is 3. The maximum atomic E-state index is 13.3. The number of hydrogen-bond donors (Lipinski definition) is 1. The van der Waals surface area contributed by atoms with Crippen LogP contribution in [0.5, 0.6) is 0 Å². The van der Waals surface area contributed by atoms with Gasteiger partial charge in [-0.25, -0.2) is 9.69 Å². The molecule has 1 aliphatic heterocycles. The number of thioether (sulfide) groups is 1. The van der Waals surface area contributed by atoms with Crippen molar-refractivity contribution in [3.8, 4) is 11.3 Å². The first-order valence-corrected chi connectivity index (χ1v) is 11.9. The fourth-order valence-electron chi connectivity index (χ4n) is 3.73. The highest BCUT2D eigenvalue weighted by molar-refractivity contribution is 8.00. The number of amides is 4. The van der Waals surface area contributed by atoms with Gasteiger partial charge in [-0.05, 0) is 79.0 Å². The molecule has 1 aliphatic rings. The lowest BCUT2D eigenvalue weighted by Crippen LogP contribution is -2.43. The van der Waals surface area contributed by atoms with E-state index in [1.807, 2.05) is 0 Å². The molecule has 2 N–H and O–H groups in total. The molecule has 0 atom stereocenters. The SMILES string of the molecule is CC1(C)C(=O)N(c2ccc(SC(F)(F)F)cc2)C(=O)N1Cc1ccnc(-c2ccsc2C(N)=O)c1. The van der Waals surface area contributed by atoms with Crippen LogP contribution in [0.3, 0.4) is 0 Å². The van der Waals surface area contributed by atoms with Gasteiger partial charge in [-0.15, -0.1) is 11.3 Å². The van der Waals surface area contributed by atoms with Crippen LogP contribution in [0, 0.1) is 0 Å². The van der Waals surface area contributed by atoms with Crippen molar-refractivity contribution in [1.82, 2.24) is 9.88 Å². The number of alkyl halides is 3. The van der Waals surface area contributed by atoms with E-state index in [-0.39, 0.29) is 28.9 Å². The van der Waals surface area contributed by atoms with Crippen molar-refractivity contribution in [2.24, 2.45) is 5.73 Å². The monoisotopic (exact) mass is 520 g/mol. The lowest BCUT2D eigenvalue weighted by Gasteiger charge is -2.27. The quantitative estimate of drug-likeness (QED) is 0.353. The van der Waals surface area contributed by atoms with Gasteiger partial charge in [0.15, 0.2) is 0 Å². The molecule has 3 heterocycles. The summed E-state index contributed by atoms with van der Waals surface area (Å²) in [6.45, 7) is 3.28. The zero-order valence-electron chi connectivity index (χ0n) is 18.5. The smallest absolute Gasteiger partial charge is 0.365 e. The highest BCUT2D eigenvalue weighted by Gasteiger charge is 2.51. The van der Waals surface area contributed by atoms with Gasteiger partial charge in [-0.1, -0.05) is 0 Å². The molecule has 0 saturated carbocycles. The minimum Gasteiger partial charge on any atom is -0.365 e. The average molecular weight is 521 g/mol. The number of anilines is 1. The summed E-state index contributed by atoms with van der Waals surface area (Å²) in [5.41, 5.74) is 1.72. The van der Waals surface area contributed by atoms with E-state index in [1.54, 1.807) is 37.4 Å². The zero-order chi connectivity index (χ0) is 25.5. The van der Waals surface area contributed by atoms with E-state index in [9.17, 15) is 27.6 Å². The molecule has 0 aliphatic carbocycles. The van der Waals surface area contributed by atoms with Crippen molar-refractivity contribution in [2.75, 3.05) is 4.90 Å². The van der Waals surface area contributed by atoms with Gasteiger partial charge in [0.25, 0.3) is 11.8 Å². The lowest BCUT2D eigenvalue weighted by molar-refractivity contribution is -0.123. The summed E-state index contributed by atoms with van der Waals surface area (Å²) < 4.78 is 37.9. The normalized spacial score (nSPS) is 15.7. The van der Waals surface area contributed by atoms with Gasteiger partial charge in [0, 0.05) is 23.2 Å². The van der Waals surface area contributed by atoms with Crippen molar-refractivity contribution in [2.45, 2.75) is 36.3 Å². The minimum absolute atomic E-state index is 0.0514. The Kier molecular flexibility index (Phi) is 6.36. The summed E-state index contributed by atoms with van der Waals surface area (Å²) in [5.74, 6) is -1.07. The molecule has 0 radical (unpaired) electrons.